The molecule has 1 N–H and O–H groups in total. The molecule has 1 aliphatic carbocycles. The number of hydrogen-bond donors (Lipinski definition) is 1. The summed E-state index contributed by atoms with van der Waals surface area (Å²) in [6, 6.07) is 9.45. The highest BCUT2D eigenvalue weighted by atomic mass is 15.3. The quantitative estimate of drug-likeness (QED) is 0.922. The number of aromatic nitrogens is 2. The Morgan fingerprint density at radius 3 is 3.05 bits per heavy atom. The minimum Gasteiger partial charge on any atom is -0.304 e. The molecule has 1 unspecified atom stereocenters. The van der Waals surface area contributed by atoms with Crippen molar-refractivity contribution in [1.82, 2.24) is 15.1 Å². The van der Waals surface area contributed by atoms with E-state index < -0.39 is 0 Å². The first-order valence-corrected chi connectivity index (χ1v) is 7.61. The van der Waals surface area contributed by atoms with E-state index in [4.69, 9.17) is 0 Å². The number of hydrogen-bond acceptors (Lipinski definition) is 2. The predicted molar refractivity (Wildman–Crippen MR) is 81.6 cm³/mol. The van der Waals surface area contributed by atoms with E-state index in [-0.39, 0.29) is 0 Å². The molecule has 3 nitrogen and oxygen atoms in total. The van der Waals surface area contributed by atoms with Gasteiger partial charge in [-0.1, -0.05) is 23.8 Å². The average molecular weight is 269 g/mol. The zero-order chi connectivity index (χ0) is 13.9. The second kappa shape index (κ2) is 5.80. The Hall–Kier alpha value is -1.61. The summed E-state index contributed by atoms with van der Waals surface area (Å²) in [4.78, 5) is 0. The van der Waals surface area contributed by atoms with Crippen molar-refractivity contribution in [3.63, 3.8) is 0 Å². The van der Waals surface area contributed by atoms with Gasteiger partial charge < -0.3 is 5.32 Å². The highest BCUT2D eigenvalue weighted by Gasteiger charge is 2.19. The van der Waals surface area contributed by atoms with Crippen molar-refractivity contribution >= 4 is 0 Å². The fraction of sp³-hybridized carbons (Fsp3) is 0.471. The summed E-state index contributed by atoms with van der Waals surface area (Å²) in [6.07, 6.45) is 5.77. The lowest BCUT2D eigenvalue weighted by molar-refractivity contribution is 0.454. The van der Waals surface area contributed by atoms with Crippen LogP contribution in [0.15, 0.2) is 30.5 Å². The van der Waals surface area contributed by atoms with E-state index >= 15 is 0 Å². The summed E-state index contributed by atoms with van der Waals surface area (Å²) in [5, 5.41) is 8.22. The van der Waals surface area contributed by atoms with Crippen molar-refractivity contribution in [2.24, 2.45) is 0 Å². The molecule has 0 saturated heterocycles. The van der Waals surface area contributed by atoms with E-state index in [9.17, 15) is 0 Å². The highest BCUT2D eigenvalue weighted by Crippen LogP contribution is 2.30. The summed E-state index contributed by atoms with van der Waals surface area (Å²) in [7, 11) is 0. The number of nitrogens with one attached hydrogen (secondary N) is 1. The van der Waals surface area contributed by atoms with Crippen molar-refractivity contribution in [1.29, 1.82) is 0 Å². The number of fused-ring (bicyclic) bond motifs is 1. The predicted octanol–water partition coefficient (Wildman–Crippen LogP) is 3.38. The van der Waals surface area contributed by atoms with Gasteiger partial charge in [0.2, 0.25) is 0 Å². The summed E-state index contributed by atoms with van der Waals surface area (Å²) >= 11 is 0. The molecule has 0 saturated carbocycles. The molecule has 0 aliphatic heterocycles. The smallest absolute Gasteiger partial charge is 0.0762 e. The lowest BCUT2D eigenvalue weighted by Gasteiger charge is -2.26. The molecular weight excluding hydrogens is 246 g/mol. The second-order valence-corrected chi connectivity index (χ2v) is 5.69. The van der Waals surface area contributed by atoms with Crippen molar-refractivity contribution in [3.8, 4) is 0 Å². The van der Waals surface area contributed by atoms with Gasteiger partial charge in [-0.05, 0) is 50.3 Å². The van der Waals surface area contributed by atoms with Crippen LogP contribution in [0.1, 0.15) is 48.2 Å². The van der Waals surface area contributed by atoms with Crippen LogP contribution in [-0.2, 0) is 19.5 Å². The summed E-state index contributed by atoms with van der Waals surface area (Å²) < 4.78 is 1.98. The van der Waals surface area contributed by atoms with Gasteiger partial charge in [0.15, 0.2) is 0 Å². The molecule has 1 aliphatic rings. The highest BCUT2D eigenvalue weighted by molar-refractivity contribution is 5.35. The maximum absolute atomic E-state index is 4.54. The Morgan fingerprint density at radius 1 is 1.35 bits per heavy atom. The molecule has 0 bridgehead atoms. The minimum atomic E-state index is 0.477. The first kappa shape index (κ1) is 13.4. The maximum atomic E-state index is 4.54. The first-order valence-electron chi connectivity index (χ1n) is 7.61. The molecule has 1 aromatic heterocycles. The van der Waals surface area contributed by atoms with E-state index in [1.807, 2.05) is 4.68 Å². The van der Waals surface area contributed by atoms with Gasteiger partial charge in [-0.25, -0.2) is 0 Å². The second-order valence-electron chi connectivity index (χ2n) is 5.69. The van der Waals surface area contributed by atoms with Crippen LogP contribution in [0.5, 0.6) is 0 Å². The molecule has 1 heterocycles. The third-order valence-electron chi connectivity index (χ3n) is 4.17. The molecule has 1 aromatic carbocycles. The van der Waals surface area contributed by atoms with Gasteiger partial charge in [-0.3, -0.25) is 4.68 Å². The van der Waals surface area contributed by atoms with Gasteiger partial charge in [0, 0.05) is 25.3 Å². The van der Waals surface area contributed by atoms with E-state index in [2.05, 4.69) is 54.7 Å². The van der Waals surface area contributed by atoms with Crippen LogP contribution in [0.3, 0.4) is 0 Å². The van der Waals surface area contributed by atoms with Crippen LogP contribution >= 0.6 is 0 Å². The summed E-state index contributed by atoms with van der Waals surface area (Å²) in [5.41, 5.74) is 5.49. The number of rotatable bonds is 4. The average Bonchev–Trinajstić information content (AvgIpc) is 2.93. The van der Waals surface area contributed by atoms with E-state index in [0.717, 1.165) is 18.8 Å². The van der Waals surface area contributed by atoms with Crippen LogP contribution in [0.25, 0.3) is 0 Å². The molecule has 1 atom stereocenters. The lowest BCUT2D eigenvalue weighted by Crippen LogP contribution is -2.25. The summed E-state index contributed by atoms with van der Waals surface area (Å²) in [5.74, 6) is 0. The minimum absolute atomic E-state index is 0.477. The van der Waals surface area contributed by atoms with E-state index in [1.165, 1.54) is 36.0 Å². The van der Waals surface area contributed by atoms with Gasteiger partial charge >= 0.3 is 0 Å². The van der Waals surface area contributed by atoms with Crippen LogP contribution in [-0.4, -0.2) is 9.78 Å². The SMILES string of the molecule is CCn1ccc(CNC2CCCc3ccc(C)cc32)n1. The van der Waals surface area contributed by atoms with Gasteiger partial charge in [0.1, 0.15) is 0 Å². The number of nitrogens with zero attached hydrogens (tertiary/aromatic N) is 2. The van der Waals surface area contributed by atoms with Gasteiger partial charge in [-0.2, -0.15) is 5.10 Å². The fourth-order valence-corrected chi connectivity index (χ4v) is 3.03. The van der Waals surface area contributed by atoms with E-state index in [0.29, 0.717) is 6.04 Å². The van der Waals surface area contributed by atoms with Crippen molar-refractivity contribution in [2.45, 2.75) is 52.2 Å². The van der Waals surface area contributed by atoms with E-state index in [1.54, 1.807) is 0 Å². The monoisotopic (exact) mass is 269 g/mol. The van der Waals surface area contributed by atoms with Crippen molar-refractivity contribution in [2.75, 3.05) is 0 Å². The molecule has 106 valence electrons. The van der Waals surface area contributed by atoms with Crippen molar-refractivity contribution < 1.29 is 0 Å². The molecule has 0 spiro atoms. The fourth-order valence-electron chi connectivity index (χ4n) is 3.03. The van der Waals surface area contributed by atoms with Crippen LogP contribution in [0.2, 0.25) is 0 Å². The zero-order valence-electron chi connectivity index (χ0n) is 12.4. The topological polar surface area (TPSA) is 29.9 Å². The molecule has 0 radical (unpaired) electrons. The molecule has 2 aromatic rings. The molecule has 0 amide bonds. The first-order chi connectivity index (χ1) is 9.76. The van der Waals surface area contributed by atoms with Crippen LogP contribution < -0.4 is 5.32 Å². The maximum Gasteiger partial charge on any atom is 0.0762 e. The van der Waals surface area contributed by atoms with Gasteiger partial charge in [0.25, 0.3) is 0 Å². The summed E-state index contributed by atoms with van der Waals surface area (Å²) in [6.45, 7) is 6.08. The molecular formula is C17H23N3. The Morgan fingerprint density at radius 2 is 2.25 bits per heavy atom. The Balaban J connectivity index is 1.71. The Labute approximate surface area is 121 Å². The van der Waals surface area contributed by atoms with Crippen LogP contribution in [0, 0.1) is 6.92 Å². The molecule has 3 heteroatoms. The normalized spacial score (nSPS) is 18.0. The Kier molecular flexibility index (Phi) is 3.88. The molecule has 20 heavy (non-hydrogen) atoms. The number of benzene rings is 1. The zero-order valence-corrected chi connectivity index (χ0v) is 12.4. The molecule has 3 rings (SSSR count). The molecule has 0 fully saturated rings. The number of aryl methyl sites for hydroxylation is 3. The third kappa shape index (κ3) is 2.78. The van der Waals surface area contributed by atoms with Gasteiger partial charge in [-0.15, -0.1) is 0 Å². The standard InChI is InChI=1S/C17H23N3/c1-3-20-10-9-15(19-20)12-18-17-6-4-5-14-8-7-13(2)11-16(14)17/h7-11,17-18H,3-6,12H2,1-2H3. The third-order valence-corrected chi connectivity index (χ3v) is 4.17. The largest absolute Gasteiger partial charge is 0.304 e. The van der Waals surface area contributed by atoms with Gasteiger partial charge in [0.05, 0.1) is 5.69 Å². The Bertz CT molecular complexity index is 586. The van der Waals surface area contributed by atoms with Crippen molar-refractivity contribution in [3.05, 3.63) is 52.8 Å². The van der Waals surface area contributed by atoms with Crippen LogP contribution in [0.4, 0.5) is 0 Å². The lowest BCUT2D eigenvalue weighted by atomic mass is 9.86.